The maximum atomic E-state index is 12.3. The molecule has 1 aliphatic carbocycles. The summed E-state index contributed by atoms with van der Waals surface area (Å²) in [5.41, 5.74) is 1.13. The maximum absolute atomic E-state index is 12.3. The monoisotopic (exact) mass is 286 g/mol. The Labute approximate surface area is 123 Å². The molecule has 1 aliphatic rings. The summed E-state index contributed by atoms with van der Waals surface area (Å²) in [6.45, 7) is 1.32. The van der Waals surface area contributed by atoms with Crippen LogP contribution in [-0.2, 0) is 13.1 Å². The summed E-state index contributed by atoms with van der Waals surface area (Å²) in [5.74, 6) is 0. The van der Waals surface area contributed by atoms with Crippen molar-refractivity contribution in [2.75, 3.05) is 0 Å². The molecule has 1 fully saturated rings. The third kappa shape index (κ3) is 3.39. The zero-order valence-electron chi connectivity index (χ0n) is 11.3. The van der Waals surface area contributed by atoms with Crippen LogP contribution in [-0.4, -0.2) is 17.0 Å². The van der Waals surface area contributed by atoms with Gasteiger partial charge in [0.1, 0.15) is 0 Å². The van der Waals surface area contributed by atoms with Crippen molar-refractivity contribution in [3.8, 4) is 0 Å². The summed E-state index contributed by atoms with van der Waals surface area (Å²) < 4.78 is 0. The molecular formula is C16H18N2OS. The standard InChI is InChI=1S/C16H18N2OS/c19-16(17-11-13-5-2-1-3-6-13)18(14-8-9-14)12-15-7-4-10-20-15/h1-7,10,14H,8-9,11-12H2,(H,17,19). The van der Waals surface area contributed by atoms with Gasteiger partial charge < -0.3 is 10.2 Å². The normalized spacial score (nSPS) is 14.0. The lowest BCUT2D eigenvalue weighted by Gasteiger charge is -2.22. The summed E-state index contributed by atoms with van der Waals surface area (Å²) in [5, 5.41) is 5.08. The van der Waals surface area contributed by atoms with Gasteiger partial charge in [-0.05, 0) is 29.9 Å². The van der Waals surface area contributed by atoms with Gasteiger partial charge in [-0.2, -0.15) is 0 Å². The predicted molar refractivity (Wildman–Crippen MR) is 81.6 cm³/mol. The van der Waals surface area contributed by atoms with Crippen molar-refractivity contribution >= 4 is 17.4 Å². The first-order valence-corrected chi connectivity index (χ1v) is 7.81. The van der Waals surface area contributed by atoms with Crippen molar-refractivity contribution in [3.63, 3.8) is 0 Å². The van der Waals surface area contributed by atoms with Crippen molar-refractivity contribution in [2.24, 2.45) is 0 Å². The van der Waals surface area contributed by atoms with Gasteiger partial charge in [-0.15, -0.1) is 11.3 Å². The first kappa shape index (κ1) is 13.2. The van der Waals surface area contributed by atoms with Gasteiger partial charge in [0, 0.05) is 17.5 Å². The molecule has 0 bridgehead atoms. The summed E-state index contributed by atoms with van der Waals surface area (Å²) >= 11 is 1.71. The number of hydrogen-bond donors (Lipinski definition) is 1. The maximum Gasteiger partial charge on any atom is 0.318 e. The van der Waals surface area contributed by atoms with E-state index < -0.39 is 0 Å². The average Bonchev–Trinajstić information content (AvgIpc) is 3.20. The molecule has 0 spiro atoms. The Morgan fingerprint density at radius 1 is 1.20 bits per heavy atom. The molecule has 1 heterocycles. The molecule has 104 valence electrons. The van der Waals surface area contributed by atoms with Crippen LogP contribution in [0.15, 0.2) is 47.8 Å². The molecule has 3 nitrogen and oxygen atoms in total. The second-order valence-electron chi connectivity index (χ2n) is 5.08. The van der Waals surface area contributed by atoms with Crippen LogP contribution in [0.25, 0.3) is 0 Å². The lowest BCUT2D eigenvalue weighted by Crippen LogP contribution is -2.40. The Hall–Kier alpha value is -1.81. The second kappa shape index (κ2) is 6.09. The van der Waals surface area contributed by atoms with Crippen LogP contribution >= 0.6 is 11.3 Å². The summed E-state index contributed by atoms with van der Waals surface area (Å²) in [7, 11) is 0. The summed E-state index contributed by atoms with van der Waals surface area (Å²) in [6, 6.07) is 14.6. The van der Waals surface area contributed by atoms with Gasteiger partial charge in [0.2, 0.25) is 0 Å². The number of nitrogens with zero attached hydrogens (tertiary/aromatic N) is 1. The number of amides is 2. The van der Waals surface area contributed by atoms with Gasteiger partial charge in [-0.3, -0.25) is 0 Å². The highest BCUT2D eigenvalue weighted by Gasteiger charge is 2.32. The van der Waals surface area contributed by atoms with E-state index in [1.54, 1.807) is 11.3 Å². The number of rotatable bonds is 5. The van der Waals surface area contributed by atoms with E-state index in [2.05, 4.69) is 16.8 Å². The van der Waals surface area contributed by atoms with Gasteiger partial charge in [0.05, 0.1) is 6.54 Å². The smallest absolute Gasteiger partial charge is 0.318 e. The van der Waals surface area contributed by atoms with Gasteiger partial charge in [-0.25, -0.2) is 4.79 Å². The van der Waals surface area contributed by atoms with E-state index in [0.717, 1.165) is 24.9 Å². The van der Waals surface area contributed by atoms with Gasteiger partial charge >= 0.3 is 6.03 Å². The van der Waals surface area contributed by atoms with Crippen LogP contribution in [0.1, 0.15) is 23.3 Å². The number of carbonyl (C=O) groups is 1. The molecule has 1 aromatic heterocycles. The average molecular weight is 286 g/mol. The molecule has 1 aromatic carbocycles. The lowest BCUT2D eigenvalue weighted by molar-refractivity contribution is 0.192. The zero-order valence-corrected chi connectivity index (χ0v) is 12.1. The van der Waals surface area contributed by atoms with E-state index in [4.69, 9.17) is 0 Å². The number of urea groups is 1. The van der Waals surface area contributed by atoms with Gasteiger partial charge in [0.25, 0.3) is 0 Å². The third-order valence-corrected chi connectivity index (χ3v) is 4.30. The molecule has 2 amide bonds. The van der Waals surface area contributed by atoms with Crippen LogP contribution < -0.4 is 5.32 Å². The first-order chi connectivity index (χ1) is 9.83. The fourth-order valence-corrected chi connectivity index (χ4v) is 2.90. The Morgan fingerprint density at radius 3 is 2.65 bits per heavy atom. The van der Waals surface area contributed by atoms with Crippen LogP contribution in [0.2, 0.25) is 0 Å². The predicted octanol–water partition coefficient (Wildman–Crippen LogP) is 3.62. The highest BCUT2D eigenvalue weighted by molar-refractivity contribution is 7.09. The van der Waals surface area contributed by atoms with Gasteiger partial charge in [-0.1, -0.05) is 36.4 Å². The molecule has 0 radical (unpaired) electrons. The van der Waals surface area contributed by atoms with Gasteiger partial charge in [0.15, 0.2) is 0 Å². The number of benzene rings is 1. The molecule has 3 rings (SSSR count). The highest BCUT2D eigenvalue weighted by atomic mass is 32.1. The van der Waals surface area contributed by atoms with E-state index in [1.165, 1.54) is 4.88 Å². The van der Waals surface area contributed by atoms with E-state index >= 15 is 0 Å². The topological polar surface area (TPSA) is 32.3 Å². The fraction of sp³-hybridized carbons (Fsp3) is 0.312. The molecule has 0 unspecified atom stereocenters. The molecular weight excluding hydrogens is 268 g/mol. The van der Waals surface area contributed by atoms with Crippen molar-refractivity contribution in [1.82, 2.24) is 10.2 Å². The number of nitrogens with one attached hydrogen (secondary N) is 1. The minimum atomic E-state index is 0.0461. The van der Waals surface area contributed by atoms with E-state index in [-0.39, 0.29) is 6.03 Å². The fourth-order valence-electron chi connectivity index (χ4n) is 2.20. The quantitative estimate of drug-likeness (QED) is 0.894. The molecule has 0 aliphatic heterocycles. The first-order valence-electron chi connectivity index (χ1n) is 6.94. The van der Waals surface area contributed by atoms with E-state index in [1.807, 2.05) is 41.3 Å². The number of carbonyl (C=O) groups excluding carboxylic acids is 1. The highest BCUT2D eigenvalue weighted by Crippen LogP contribution is 2.29. The Morgan fingerprint density at radius 2 is 2.00 bits per heavy atom. The van der Waals surface area contributed by atoms with Crippen molar-refractivity contribution < 1.29 is 4.79 Å². The summed E-state index contributed by atoms with van der Waals surface area (Å²) in [6.07, 6.45) is 2.26. The zero-order chi connectivity index (χ0) is 13.8. The van der Waals surface area contributed by atoms with Crippen LogP contribution in [0, 0.1) is 0 Å². The van der Waals surface area contributed by atoms with Crippen LogP contribution in [0.5, 0.6) is 0 Å². The molecule has 4 heteroatoms. The van der Waals surface area contributed by atoms with E-state index in [0.29, 0.717) is 12.6 Å². The minimum absolute atomic E-state index is 0.0461. The Balaban J connectivity index is 1.58. The lowest BCUT2D eigenvalue weighted by atomic mass is 10.2. The van der Waals surface area contributed by atoms with Crippen LogP contribution in [0.3, 0.4) is 0 Å². The van der Waals surface area contributed by atoms with E-state index in [9.17, 15) is 4.79 Å². The second-order valence-corrected chi connectivity index (χ2v) is 6.11. The van der Waals surface area contributed by atoms with Crippen molar-refractivity contribution in [3.05, 3.63) is 58.3 Å². The summed E-state index contributed by atoms with van der Waals surface area (Å²) in [4.78, 5) is 15.6. The molecule has 1 N–H and O–H groups in total. The number of hydrogen-bond acceptors (Lipinski definition) is 2. The molecule has 1 saturated carbocycles. The third-order valence-electron chi connectivity index (χ3n) is 3.44. The largest absolute Gasteiger partial charge is 0.334 e. The molecule has 2 aromatic rings. The Bertz CT molecular complexity index is 549. The minimum Gasteiger partial charge on any atom is -0.334 e. The SMILES string of the molecule is O=C(NCc1ccccc1)N(Cc1cccs1)C1CC1. The van der Waals surface area contributed by atoms with Crippen LogP contribution in [0.4, 0.5) is 4.79 Å². The molecule has 0 atom stereocenters. The van der Waals surface area contributed by atoms with Crippen molar-refractivity contribution in [2.45, 2.75) is 32.0 Å². The Kier molecular flexibility index (Phi) is 4.02. The molecule has 20 heavy (non-hydrogen) atoms. The van der Waals surface area contributed by atoms with Crippen molar-refractivity contribution in [1.29, 1.82) is 0 Å². The molecule has 0 saturated heterocycles. The number of thiophene rings is 1.